The fourth-order valence-corrected chi connectivity index (χ4v) is 1.90. The number of carbonyl (C=O) groups excluding carboxylic acids is 1. The first kappa shape index (κ1) is 12.5. The summed E-state index contributed by atoms with van der Waals surface area (Å²) < 4.78 is 0. The minimum atomic E-state index is 0.0496. The summed E-state index contributed by atoms with van der Waals surface area (Å²) in [5.41, 5.74) is 5.41. The Bertz CT molecular complexity index is 190. The van der Waals surface area contributed by atoms with Crippen molar-refractivity contribution in [2.45, 2.75) is 26.2 Å². The number of nitrogens with one attached hydrogen (secondary N) is 1. The summed E-state index contributed by atoms with van der Waals surface area (Å²) >= 11 is 0. The van der Waals surface area contributed by atoms with Gasteiger partial charge in [0.2, 0.25) is 5.91 Å². The molecule has 4 nitrogen and oxygen atoms in total. The Morgan fingerprint density at radius 2 is 2.13 bits per heavy atom. The SMILES string of the molecule is CC(CCN)C(=O)NCCN1CCCC1. The fraction of sp³-hybridized carbons (Fsp3) is 0.909. The van der Waals surface area contributed by atoms with E-state index in [-0.39, 0.29) is 11.8 Å². The molecule has 15 heavy (non-hydrogen) atoms. The number of rotatable bonds is 6. The molecule has 1 fully saturated rings. The van der Waals surface area contributed by atoms with Crippen LogP contribution in [-0.2, 0) is 4.79 Å². The van der Waals surface area contributed by atoms with Crippen molar-refractivity contribution in [2.75, 3.05) is 32.7 Å². The monoisotopic (exact) mass is 213 g/mol. The lowest BCUT2D eigenvalue weighted by atomic mass is 10.1. The summed E-state index contributed by atoms with van der Waals surface area (Å²) in [4.78, 5) is 13.9. The lowest BCUT2D eigenvalue weighted by Gasteiger charge is -2.16. The van der Waals surface area contributed by atoms with E-state index >= 15 is 0 Å². The predicted octanol–water partition coefficient (Wildman–Crippen LogP) is 0.183. The number of hydrogen-bond donors (Lipinski definition) is 2. The van der Waals surface area contributed by atoms with Gasteiger partial charge in [-0.3, -0.25) is 4.79 Å². The Balaban J connectivity index is 2.05. The Kier molecular flexibility index (Phi) is 5.65. The maximum absolute atomic E-state index is 11.5. The van der Waals surface area contributed by atoms with Crippen LogP contribution in [0.15, 0.2) is 0 Å². The van der Waals surface area contributed by atoms with Crippen molar-refractivity contribution in [2.24, 2.45) is 11.7 Å². The van der Waals surface area contributed by atoms with E-state index < -0.39 is 0 Å². The van der Waals surface area contributed by atoms with Crippen molar-refractivity contribution in [1.82, 2.24) is 10.2 Å². The Morgan fingerprint density at radius 3 is 2.73 bits per heavy atom. The summed E-state index contributed by atoms with van der Waals surface area (Å²) in [6.45, 7) is 6.65. The zero-order chi connectivity index (χ0) is 11.1. The lowest BCUT2D eigenvalue weighted by Crippen LogP contribution is -2.36. The number of nitrogens with two attached hydrogens (primary N) is 1. The van der Waals surface area contributed by atoms with Crippen LogP contribution in [0.1, 0.15) is 26.2 Å². The number of hydrogen-bond acceptors (Lipinski definition) is 3. The third-order valence-electron chi connectivity index (χ3n) is 2.97. The van der Waals surface area contributed by atoms with Crippen molar-refractivity contribution in [1.29, 1.82) is 0 Å². The normalized spacial score (nSPS) is 19.1. The molecule has 0 radical (unpaired) electrons. The Hall–Kier alpha value is -0.610. The van der Waals surface area contributed by atoms with Crippen LogP contribution in [0.3, 0.4) is 0 Å². The van der Waals surface area contributed by atoms with Crippen LogP contribution < -0.4 is 11.1 Å². The van der Waals surface area contributed by atoms with Gasteiger partial charge in [0.05, 0.1) is 0 Å². The highest BCUT2D eigenvalue weighted by Crippen LogP contribution is 2.05. The molecule has 1 amide bonds. The van der Waals surface area contributed by atoms with Gasteiger partial charge in [0, 0.05) is 19.0 Å². The van der Waals surface area contributed by atoms with Crippen molar-refractivity contribution < 1.29 is 4.79 Å². The van der Waals surface area contributed by atoms with E-state index in [1.807, 2.05) is 6.92 Å². The highest BCUT2D eigenvalue weighted by Gasteiger charge is 2.13. The molecule has 88 valence electrons. The highest BCUT2D eigenvalue weighted by molar-refractivity contribution is 5.78. The molecule has 0 aromatic heterocycles. The molecule has 1 aliphatic rings. The van der Waals surface area contributed by atoms with E-state index in [0.29, 0.717) is 6.54 Å². The van der Waals surface area contributed by atoms with E-state index in [0.717, 1.165) is 19.5 Å². The molecular formula is C11H23N3O. The van der Waals surface area contributed by atoms with Crippen molar-refractivity contribution >= 4 is 5.91 Å². The number of likely N-dealkylation sites (tertiary alicyclic amines) is 1. The van der Waals surface area contributed by atoms with Crippen molar-refractivity contribution in [3.05, 3.63) is 0 Å². The zero-order valence-corrected chi connectivity index (χ0v) is 9.67. The first-order valence-electron chi connectivity index (χ1n) is 5.94. The van der Waals surface area contributed by atoms with Gasteiger partial charge in [0.25, 0.3) is 0 Å². The zero-order valence-electron chi connectivity index (χ0n) is 9.67. The fourth-order valence-electron chi connectivity index (χ4n) is 1.90. The van der Waals surface area contributed by atoms with Gasteiger partial charge >= 0.3 is 0 Å². The molecule has 0 aromatic rings. The number of nitrogens with zero attached hydrogens (tertiary/aromatic N) is 1. The second-order valence-corrected chi connectivity index (χ2v) is 4.32. The van der Waals surface area contributed by atoms with Gasteiger partial charge < -0.3 is 16.0 Å². The standard InChI is InChI=1S/C11H23N3O/c1-10(4-5-12)11(15)13-6-9-14-7-2-3-8-14/h10H,2-9,12H2,1H3,(H,13,15). The summed E-state index contributed by atoms with van der Waals surface area (Å²) in [5, 5.41) is 2.96. The van der Waals surface area contributed by atoms with Gasteiger partial charge in [-0.05, 0) is 38.9 Å². The molecule has 0 spiro atoms. The molecular weight excluding hydrogens is 190 g/mol. The largest absolute Gasteiger partial charge is 0.355 e. The van der Waals surface area contributed by atoms with E-state index in [1.54, 1.807) is 0 Å². The first-order chi connectivity index (χ1) is 7.24. The van der Waals surface area contributed by atoms with Crippen molar-refractivity contribution in [3.63, 3.8) is 0 Å². The van der Waals surface area contributed by atoms with E-state index in [2.05, 4.69) is 10.2 Å². The maximum atomic E-state index is 11.5. The van der Waals surface area contributed by atoms with Gasteiger partial charge in [-0.2, -0.15) is 0 Å². The molecule has 3 N–H and O–H groups in total. The third kappa shape index (κ3) is 4.62. The van der Waals surface area contributed by atoms with Gasteiger partial charge in [-0.15, -0.1) is 0 Å². The quantitative estimate of drug-likeness (QED) is 0.662. The molecule has 1 rings (SSSR count). The molecule has 4 heteroatoms. The molecule has 1 heterocycles. The number of carbonyl (C=O) groups is 1. The molecule has 1 unspecified atom stereocenters. The topological polar surface area (TPSA) is 58.4 Å². The van der Waals surface area contributed by atoms with Gasteiger partial charge in [-0.1, -0.05) is 6.92 Å². The van der Waals surface area contributed by atoms with Gasteiger partial charge in [0.1, 0.15) is 0 Å². The molecule has 0 saturated carbocycles. The van der Waals surface area contributed by atoms with Crippen LogP contribution in [0.25, 0.3) is 0 Å². The van der Waals surface area contributed by atoms with E-state index in [1.165, 1.54) is 25.9 Å². The van der Waals surface area contributed by atoms with Crippen LogP contribution in [-0.4, -0.2) is 43.5 Å². The molecule has 0 bridgehead atoms. The van der Waals surface area contributed by atoms with Crippen molar-refractivity contribution in [3.8, 4) is 0 Å². The Labute approximate surface area is 92.2 Å². The molecule has 1 saturated heterocycles. The van der Waals surface area contributed by atoms with Crippen LogP contribution >= 0.6 is 0 Å². The van der Waals surface area contributed by atoms with E-state index in [9.17, 15) is 4.79 Å². The van der Waals surface area contributed by atoms with Crippen LogP contribution in [0.4, 0.5) is 0 Å². The molecule has 0 aliphatic carbocycles. The smallest absolute Gasteiger partial charge is 0.222 e. The van der Waals surface area contributed by atoms with Crippen LogP contribution in [0.5, 0.6) is 0 Å². The highest BCUT2D eigenvalue weighted by atomic mass is 16.1. The average molecular weight is 213 g/mol. The van der Waals surface area contributed by atoms with Crippen LogP contribution in [0.2, 0.25) is 0 Å². The molecule has 1 aliphatic heterocycles. The second kappa shape index (κ2) is 6.80. The second-order valence-electron chi connectivity index (χ2n) is 4.32. The minimum Gasteiger partial charge on any atom is -0.355 e. The summed E-state index contributed by atoms with van der Waals surface area (Å²) in [6.07, 6.45) is 3.38. The van der Waals surface area contributed by atoms with Gasteiger partial charge in [-0.25, -0.2) is 0 Å². The summed E-state index contributed by atoms with van der Waals surface area (Å²) in [7, 11) is 0. The Morgan fingerprint density at radius 1 is 1.47 bits per heavy atom. The number of amides is 1. The van der Waals surface area contributed by atoms with Gasteiger partial charge in [0.15, 0.2) is 0 Å². The lowest BCUT2D eigenvalue weighted by molar-refractivity contribution is -0.124. The first-order valence-corrected chi connectivity index (χ1v) is 5.94. The summed E-state index contributed by atoms with van der Waals surface area (Å²) in [6, 6.07) is 0. The minimum absolute atomic E-state index is 0.0496. The third-order valence-corrected chi connectivity index (χ3v) is 2.97. The molecule has 1 atom stereocenters. The van der Waals surface area contributed by atoms with Crippen LogP contribution in [0, 0.1) is 5.92 Å². The average Bonchev–Trinajstić information content (AvgIpc) is 2.71. The summed E-state index contributed by atoms with van der Waals surface area (Å²) in [5.74, 6) is 0.188. The predicted molar refractivity (Wildman–Crippen MR) is 61.5 cm³/mol. The van der Waals surface area contributed by atoms with E-state index in [4.69, 9.17) is 5.73 Å². The maximum Gasteiger partial charge on any atom is 0.222 e. The molecule has 0 aromatic carbocycles.